The van der Waals surface area contributed by atoms with Crippen LogP contribution in [0.2, 0.25) is 0 Å². The maximum atomic E-state index is 11.9. The molecule has 2 aliphatic rings. The lowest BCUT2D eigenvalue weighted by Gasteiger charge is -2.15. The van der Waals surface area contributed by atoms with Gasteiger partial charge in [-0.05, 0) is 19.8 Å². The Bertz CT molecular complexity index is 296. The first-order valence-electron chi connectivity index (χ1n) is 5.49. The first kappa shape index (κ1) is 10.6. The highest BCUT2D eigenvalue weighted by Crippen LogP contribution is 2.32. The average Bonchev–Trinajstić information content (AvgIpc) is 2.83. The third-order valence-corrected chi connectivity index (χ3v) is 3.35. The highest BCUT2D eigenvalue weighted by molar-refractivity contribution is 5.91. The van der Waals surface area contributed by atoms with Gasteiger partial charge in [0, 0.05) is 18.4 Å². The van der Waals surface area contributed by atoms with Crippen LogP contribution in [0.4, 0.5) is 0 Å². The van der Waals surface area contributed by atoms with E-state index < -0.39 is 5.60 Å². The topological polar surface area (TPSA) is 58.7 Å². The SMILES string of the molecule is C[C@@H](CC1CCNC1=O)C(=O)[C@@]1(C)CO1. The number of carbonyl (C=O) groups is 2. The Morgan fingerprint density at radius 1 is 1.73 bits per heavy atom. The van der Waals surface area contributed by atoms with Gasteiger partial charge in [-0.1, -0.05) is 6.92 Å². The molecule has 2 saturated heterocycles. The summed E-state index contributed by atoms with van der Waals surface area (Å²) in [5.74, 6) is 0.177. The molecule has 2 heterocycles. The minimum Gasteiger partial charge on any atom is -0.362 e. The molecule has 0 bridgehead atoms. The highest BCUT2D eigenvalue weighted by Gasteiger charge is 2.49. The second-order valence-corrected chi connectivity index (χ2v) is 4.80. The molecule has 84 valence electrons. The van der Waals surface area contributed by atoms with Gasteiger partial charge >= 0.3 is 0 Å². The van der Waals surface area contributed by atoms with Crippen LogP contribution in [0.25, 0.3) is 0 Å². The smallest absolute Gasteiger partial charge is 0.223 e. The van der Waals surface area contributed by atoms with E-state index in [0.29, 0.717) is 13.0 Å². The van der Waals surface area contributed by atoms with E-state index in [2.05, 4.69) is 5.32 Å². The van der Waals surface area contributed by atoms with Gasteiger partial charge in [0.2, 0.25) is 5.91 Å². The fourth-order valence-corrected chi connectivity index (χ4v) is 2.18. The number of rotatable bonds is 4. The quantitative estimate of drug-likeness (QED) is 0.689. The minimum atomic E-state index is -0.547. The first-order chi connectivity index (χ1) is 7.03. The van der Waals surface area contributed by atoms with E-state index in [9.17, 15) is 9.59 Å². The number of carbonyl (C=O) groups excluding carboxylic acids is 2. The van der Waals surface area contributed by atoms with Crippen LogP contribution in [0.15, 0.2) is 0 Å². The van der Waals surface area contributed by atoms with Crippen molar-refractivity contribution in [3.05, 3.63) is 0 Å². The molecule has 0 saturated carbocycles. The van der Waals surface area contributed by atoms with Crippen molar-refractivity contribution in [3.8, 4) is 0 Å². The summed E-state index contributed by atoms with van der Waals surface area (Å²) >= 11 is 0. The molecule has 3 atom stereocenters. The van der Waals surface area contributed by atoms with Crippen molar-refractivity contribution < 1.29 is 14.3 Å². The van der Waals surface area contributed by atoms with Gasteiger partial charge in [-0.15, -0.1) is 0 Å². The lowest BCUT2D eigenvalue weighted by molar-refractivity contribution is -0.128. The number of ketones is 1. The fourth-order valence-electron chi connectivity index (χ4n) is 2.18. The van der Waals surface area contributed by atoms with E-state index in [4.69, 9.17) is 4.74 Å². The van der Waals surface area contributed by atoms with E-state index in [1.54, 1.807) is 0 Å². The van der Waals surface area contributed by atoms with Gasteiger partial charge in [0.05, 0.1) is 6.61 Å². The number of Topliss-reactive ketones (excluding diaryl/α,β-unsaturated/α-hetero) is 1. The Kier molecular flexibility index (Phi) is 2.54. The lowest BCUT2D eigenvalue weighted by atomic mass is 9.87. The highest BCUT2D eigenvalue weighted by atomic mass is 16.6. The van der Waals surface area contributed by atoms with Gasteiger partial charge in [-0.2, -0.15) is 0 Å². The molecular weight excluding hydrogens is 194 g/mol. The molecule has 4 heteroatoms. The van der Waals surface area contributed by atoms with Crippen LogP contribution < -0.4 is 5.32 Å². The number of hydrogen-bond donors (Lipinski definition) is 1. The average molecular weight is 211 g/mol. The monoisotopic (exact) mass is 211 g/mol. The summed E-state index contributed by atoms with van der Waals surface area (Å²) in [6.07, 6.45) is 1.51. The van der Waals surface area contributed by atoms with Crippen LogP contribution in [-0.2, 0) is 14.3 Å². The van der Waals surface area contributed by atoms with E-state index >= 15 is 0 Å². The second-order valence-electron chi connectivity index (χ2n) is 4.80. The maximum Gasteiger partial charge on any atom is 0.223 e. The number of nitrogens with one attached hydrogen (secondary N) is 1. The van der Waals surface area contributed by atoms with E-state index in [1.807, 2.05) is 13.8 Å². The summed E-state index contributed by atoms with van der Waals surface area (Å²) in [5.41, 5.74) is -0.547. The van der Waals surface area contributed by atoms with Crippen LogP contribution in [0.1, 0.15) is 26.7 Å². The standard InChI is InChI=1S/C11H17NO3/c1-7(9(13)11(2)6-15-11)5-8-3-4-12-10(8)14/h7-8H,3-6H2,1-2H3,(H,12,14)/t7-,8?,11+/m0/s1. The summed E-state index contributed by atoms with van der Waals surface area (Å²) in [4.78, 5) is 23.2. The van der Waals surface area contributed by atoms with Gasteiger partial charge in [-0.3, -0.25) is 9.59 Å². The predicted octanol–water partition coefficient (Wildman–Crippen LogP) is 0.507. The van der Waals surface area contributed by atoms with E-state index in [0.717, 1.165) is 13.0 Å². The Balaban J connectivity index is 1.88. The molecular formula is C11H17NO3. The maximum absolute atomic E-state index is 11.9. The normalized spacial score (nSPS) is 36.1. The Labute approximate surface area is 89.4 Å². The first-order valence-corrected chi connectivity index (χ1v) is 5.49. The van der Waals surface area contributed by atoms with Gasteiger partial charge in [0.15, 0.2) is 5.78 Å². The molecule has 0 aromatic rings. The van der Waals surface area contributed by atoms with Crippen LogP contribution in [0, 0.1) is 11.8 Å². The van der Waals surface area contributed by atoms with Crippen molar-refractivity contribution in [1.29, 1.82) is 0 Å². The van der Waals surface area contributed by atoms with Crippen molar-refractivity contribution in [2.75, 3.05) is 13.2 Å². The molecule has 1 unspecified atom stereocenters. The fraction of sp³-hybridized carbons (Fsp3) is 0.818. The number of amides is 1. The largest absolute Gasteiger partial charge is 0.362 e. The van der Waals surface area contributed by atoms with Gasteiger partial charge in [0.25, 0.3) is 0 Å². The third-order valence-electron chi connectivity index (χ3n) is 3.35. The minimum absolute atomic E-state index is 0.0197. The third kappa shape index (κ3) is 2.04. The van der Waals surface area contributed by atoms with Crippen LogP contribution in [0.3, 0.4) is 0 Å². The van der Waals surface area contributed by atoms with E-state index in [1.165, 1.54) is 0 Å². The second kappa shape index (κ2) is 3.59. The Hall–Kier alpha value is -0.900. The number of ether oxygens (including phenoxy) is 1. The molecule has 0 aromatic carbocycles. The molecule has 4 nitrogen and oxygen atoms in total. The van der Waals surface area contributed by atoms with Crippen LogP contribution in [-0.4, -0.2) is 30.4 Å². The Morgan fingerprint density at radius 2 is 2.40 bits per heavy atom. The molecule has 1 amide bonds. The Morgan fingerprint density at radius 3 is 2.87 bits per heavy atom. The molecule has 2 rings (SSSR count). The number of epoxide rings is 1. The van der Waals surface area contributed by atoms with Crippen LogP contribution >= 0.6 is 0 Å². The summed E-state index contributed by atoms with van der Waals surface area (Å²) in [6.45, 7) is 4.99. The number of hydrogen-bond acceptors (Lipinski definition) is 3. The zero-order valence-corrected chi connectivity index (χ0v) is 9.21. The molecule has 15 heavy (non-hydrogen) atoms. The van der Waals surface area contributed by atoms with Gasteiger partial charge < -0.3 is 10.1 Å². The molecule has 1 N–H and O–H groups in total. The molecule has 2 fully saturated rings. The zero-order chi connectivity index (χ0) is 11.1. The van der Waals surface area contributed by atoms with Crippen LogP contribution in [0.5, 0.6) is 0 Å². The van der Waals surface area contributed by atoms with Gasteiger partial charge in [0.1, 0.15) is 5.60 Å². The summed E-state index contributed by atoms with van der Waals surface area (Å²) < 4.78 is 5.12. The van der Waals surface area contributed by atoms with Gasteiger partial charge in [-0.25, -0.2) is 0 Å². The molecule has 0 radical (unpaired) electrons. The lowest BCUT2D eigenvalue weighted by Crippen LogP contribution is -2.30. The van der Waals surface area contributed by atoms with Crippen molar-refractivity contribution in [2.24, 2.45) is 11.8 Å². The van der Waals surface area contributed by atoms with E-state index in [-0.39, 0.29) is 23.5 Å². The van der Waals surface area contributed by atoms with Crippen molar-refractivity contribution >= 4 is 11.7 Å². The summed E-state index contributed by atoms with van der Waals surface area (Å²) in [5, 5.41) is 2.79. The summed E-state index contributed by atoms with van der Waals surface area (Å²) in [6, 6.07) is 0. The van der Waals surface area contributed by atoms with Crippen molar-refractivity contribution in [3.63, 3.8) is 0 Å². The molecule has 0 aromatic heterocycles. The molecule has 0 aliphatic carbocycles. The van der Waals surface area contributed by atoms with Crippen molar-refractivity contribution in [1.82, 2.24) is 5.32 Å². The summed E-state index contributed by atoms with van der Waals surface area (Å²) in [7, 11) is 0. The molecule has 0 spiro atoms. The van der Waals surface area contributed by atoms with Crippen molar-refractivity contribution in [2.45, 2.75) is 32.3 Å². The molecule has 2 aliphatic heterocycles. The predicted molar refractivity (Wildman–Crippen MR) is 54.3 cm³/mol. The zero-order valence-electron chi connectivity index (χ0n) is 9.21.